The van der Waals surface area contributed by atoms with Gasteiger partial charge in [0.25, 0.3) is 0 Å². The lowest BCUT2D eigenvalue weighted by molar-refractivity contribution is 0.0953. The van der Waals surface area contributed by atoms with Crippen molar-refractivity contribution in [3.63, 3.8) is 0 Å². The van der Waals surface area contributed by atoms with Gasteiger partial charge in [0.2, 0.25) is 5.89 Å². The Morgan fingerprint density at radius 2 is 1.84 bits per heavy atom. The van der Waals surface area contributed by atoms with E-state index in [1.807, 2.05) is 30.3 Å². The number of oxazole rings is 1. The molecule has 5 nitrogen and oxygen atoms in total. The zero-order valence-electron chi connectivity index (χ0n) is 17.8. The molecule has 0 radical (unpaired) electrons. The lowest BCUT2D eigenvalue weighted by Gasteiger charge is -2.32. The lowest BCUT2D eigenvalue weighted by Crippen LogP contribution is -2.38. The Hall–Kier alpha value is -2.86. The Kier molecular flexibility index (Phi) is 5.64. The van der Waals surface area contributed by atoms with E-state index in [2.05, 4.69) is 9.88 Å². The minimum absolute atomic E-state index is 0.0868. The molecule has 0 amide bonds. The predicted octanol–water partition coefficient (Wildman–Crippen LogP) is 5.02. The summed E-state index contributed by atoms with van der Waals surface area (Å²) < 4.78 is 31.1. The molecule has 1 aliphatic carbocycles. The molecule has 0 unspecified atom stereocenters. The van der Waals surface area contributed by atoms with E-state index in [0.29, 0.717) is 5.89 Å². The number of ether oxygens (including phenoxy) is 2. The SMILES string of the molecule is COc1ccc(-c2nc(CN3CCC(Oc4ccc(F)c5c4CCC5)CC3)co2)cc1. The Bertz CT molecular complexity index is 1040. The molecule has 2 heterocycles. The summed E-state index contributed by atoms with van der Waals surface area (Å²) in [5.74, 6) is 2.23. The normalized spacial score (nSPS) is 17.0. The number of methoxy groups -OCH3 is 1. The van der Waals surface area contributed by atoms with Gasteiger partial charge in [-0.3, -0.25) is 4.90 Å². The fraction of sp³-hybridized carbons (Fsp3) is 0.400. The second-order valence-corrected chi connectivity index (χ2v) is 8.32. The Balaban J connectivity index is 1.16. The maximum absolute atomic E-state index is 14.0. The van der Waals surface area contributed by atoms with Crippen LogP contribution in [0, 0.1) is 5.82 Å². The first-order chi connectivity index (χ1) is 15.2. The number of fused-ring (bicyclic) bond motifs is 1. The van der Waals surface area contributed by atoms with E-state index >= 15 is 0 Å². The zero-order valence-corrected chi connectivity index (χ0v) is 17.8. The topological polar surface area (TPSA) is 47.7 Å². The predicted molar refractivity (Wildman–Crippen MR) is 116 cm³/mol. The molecule has 6 heteroatoms. The summed E-state index contributed by atoms with van der Waals surface area (Å²) in [6.45, 7) is 2.65. The van der Waals surface area contributed by atoms with Crippen LogP contribution >= 0.6 is 0 Å². The molecule has 2 aliphatic rings. The molecule has 0 atom stereocenters. The monoisotopic (exact) mass is 422 g/mol. The van der Waals surface area contributed by atoms with Crippen molar-refractivity contribution in [1.29, 1.82) is 0 Å². The minimum atomic E-state index is -0.0868. The van der Waals surface area contributed by atoms with Gasteiger partial charge in [-0.05, 0) is 74.1 Å². The van der Waals surface area contributed by atoms with Gasteiger partial charge in [0.05, 0.1) is 12.8 Å². The van der Waals surface area contributed by atoms with Crippen LogP contribution in [0.2, 0.25) is 0 Å². The maximum atomic E-state index is 14.0. The molecule has 1 fully saturated rings. The van der Waals surface area contributed by atoms with Crippen LogP contribution in [0.25, 0.3) is 11.5 Å². The third-order valence-electron chi connectivity index (χ3n) is 6.29. The number of nitrogens with zero attached hydrogens (tertiary/aromatic N) is 2. The van der Waals surface area contributed by atoms with Crippen molar-refractivity contribution < 1.29 is 18.3 Å². The third kappa shape index (κ3) is 4.30. The highest BCUT2D eigenvalue weighted by atomic mass is 19.1. The minimum Gasteiger partial charge on any atom is -0.497 e. The van der Waals surface area contributed by atoms with Gasteiger partial charge in [-0.15, -0.1) is 0 Å². The van der Waals surface area contributed by atoms with E-state index in [4.69, 9.17) is 13.9 Å². The first-order valence-corrected chi connectivity index (χ1v) is 11.0. The Labute approximate surface area is 181 Å². The van der Waals surface area contributed by atoms with Crippen molar-refractivity contribution in [2.24, 2.45) is 0 Å². The van der Waals surface area contributed by atoms with Crippen LogP contribution < -0.4 is 9.47 Å². The number of aromatic nitrogens is 1. The first-order valence-electron chi connectivity index (χ1n) is 11.0. The first kappa shape index (κ1) is 20.1. The average molecular weight is 423 g/mol. The average Bonchev–Trinajstić information content (AvgIpc) is 3.48. The largest absolute Gasteiger partial charge is 0.497 e. The molecule has 2 aromatic carbocycles. The molecular formula is C25H27FN2O3. The van der Waals surface area contributed by atoms with E-state index in [1.165, 1.54) is 0 Å². The highest BCUT2D eigenvalue weighted by Gasteiger charge is 2.25. The molecular weight excluding hydrogens is 395 g/mol. The molecule has 31 heavy (non-hydrogen) atoms. The van der Waals surface area contributed by atoms with Crippen molar-refractivity contribution in [2.45, 2.75) is 44.8 Å². The molecule has 1 saturated heterocycles. The molecule has 0 N–H and O–H groups in total. The number of halogens is 1. The van der Waals surface area contributed by atoms with Crippen LogP contribution in [0.3, 0.4) is 0 Å². The van der Waals surface area contributed by atoms with Crippen LogP contribution in [0.1, 0.15) is 36.1 Å². The molecule has 1 aromatic heterocycles. The molecule has 0 bridgehead atoms. The fourth-order valence-corrected chi connectivity index (χ4v) is 4.58. The second-order valence-electron chi connectivity index (χ2n) is 8.32. The summed E-state index contributed by atoms with van der Waals surface area (Å²) in [7, 11) is 1.65. The summed E-state index contributed by atoms with van der Waals surface area (Å²) in [5, 5.41) is 0. The zero-order chi connectivity index (χ0) is 21.2. The van der Waals surface area contributed by atoms with Crippen molar-refractivity contribution in [3.8, 4) is 23.0 Å². The standard InChI is InChI=1S/C25H27FN2O3/c1-29-19-7-5-17(6-8-19)25-27-18(16-30-25)15-28-13-11-20(12-14-28)31-24-10-9-23(26)21-3-2-4-22(21)24/h5-10,16,20H,2-4,11-15H2,1H3. The molecule has 3 aromatic rings. The van der Waals surface area contributed by atoms with E-state index in [-0.39, 0.29) is 11.9 Å². The van der Waals surface area contributed by atoms with Gasteiger partial charge >= 0.3 is 0 Å². The summed E-state index contributed by atoms with van der Waals surface area (Å²) >= 11 is 0. The van der Waals surface area contributed by atoms with Gasteiger partial charge in [0.1, 0.15) is 29.7 Å². The number of hydrogen-bond acceptors (Lipinski definition) is 5. The number of rotatable bonds is 6. The third-order valence-corrected chi connectivity index (χ3v) is 6.29. The summed E-state index contributed by atoms with van der Waals surface area (Å²) in [6, 6.07) is 11.1. The van der Waals surface area contributed by atoms with Crippen molar-refractivity contribution in [1.82, 2.24) is 9.88 Å². The van der Waals surface area contributed by atoms with Gasteiger partial charge in [0.15, 0.2) is 0 Å². The van der Waals surface area contributed by atoms with Crippen LogP contribution in [0.15, 0.2) is 47.1 Å². The summed E-state index contributed by atoms with van der Waals surface area (Å²) in [6.07, 6.45) is 6.59. The van der Waals surface area contributed by atoms with Gasteiger partial charge in [-0.1, -0.05) is 0 Å². The van der Waals surface area contributed by atoms with E-state index in [1.54, 1.807) is 19.4 Å². The molecule has 0 saturated carbocycles. The highest BCUT2D eigenvalue weighted by Crippen LogP contribution is 2.34. The second kappa shape index (κ2) is 8.71. The number of hydrogen-bond donors (Lipinski definition) is 0. The quantitative estimate of drug-likeness (QED) is 0.558. The maximum Gasteiger partial charge on any atom is 0.226 e. The van der Waals surface area contributed by atoms with E-state index in [0.717, 1.165) is 85.6 Å². The number of piperidine rings is 1. The molecule has 162 valence electrons. The van der Waals surface area contributed by atoms with Crippen LogP contribution in [0.5, 0.6) is 11.5 Å². The summed E-state index contributed by atoms with van der Waals surface area (Å²) in [5.41, 5.74) is 3.80. The van der Waals surface area contributed by atoms with E-state index in [9.17, 15) is 4.39 Å². The summed E-state index contributed by atoms with van der Waals surface area (Å²) in [4.78, 5) is 7.03. The Morgan fingerprint density at radius 3 is 2.61 bits per heavy atom. The van der Waals surface area contributed by atoms with Gasteiger partial charge in [-0.25, -0.2) is 9.37 Å². The van der Waals surface area contributed by atoms with Crippen LogP contribution in [0.4, 0.5) is 4.39 Å². The van der Waals surface area contributed by atoms with Crippen LogP contribution in [-0.2, 0) is 19.4 Å². The lowest BCUT2D eigenvalue weighted by atomic mass is 10.1. The highest BCUT2D eigenvalue weighted by molar-refractivity contribution is 5.54. The van der Waals surface area contributed by atoms with Gasteiger partial charge in [0, 0.05) is 30.8 Å². The molecule has 5 rings (SSSR count). The fourth-order valence-electron chi connectivity index (χ4n) is 4.58. The van der Waals surface area contributed by atoms with E-state index < -0.39 is 0 Å². The Morgan fingerprint density at radius 1 is 1.06 bits per heavy atom. The van der Waals surface area contributed by atoms with Crippen molar-refractivity contribution in [3.05, 3.63) is 65.3 Å². The van der Waals surface area contributed by atoms with Gasteiger partial charge in [-0.2, -0.15) is 0 Å². The van der Waals surface area contributed by atoms with Crippen molar-refractivity contribution in [2.75, 3.05) is 20.2 Å². The van der Waals surface area contributed by atoms with Crippen LogP contribution in [-0.4, -0.2) is 36.2 Å². The number of likely N-dealkylation sites (tertiary alicyclic amines) is 1. The smallest absolute Gasteiger partial charge is 0.226 e. The molecule has 1 aliphatic heterocycles. The number of benzene rings is 2. The molecule has 0 spiro atoms. The van der Waals surface area contributed by atoms with Crippen molar-refractivity contribution >= 4 is 0 Å². The van der Waals surface area contributed by atoms with Gasteiger partial charge < -0.3 is 13.9 Å².